The molecule has 0 N–H and O–H groups in total. The number of fused-ring (bicyclic) bond motifs is 2. The molecular weight excluding hydrogens is 503 g/mol. The number of halogens is 2. The smallest absolute Gasteiger partial charge is 0.341 e. The summed E-state index contributed by atoms with van der Waals surface area (Å²) in [5.41, 5.74) is 2.68. The number of anilines is 1. The zero-order chi connectivity index (χ0) is 24.8. The summed E-state index contributed by atoms with van der Waals surface area (Å²) in [4.78, 5) is 22.9. The first-order chi connectivity index (χ1) is 17.5. The van der Waals surface area contributed by atoms with Crippen LogP contribution in [0.25, 0.3) is 11.3 Å². The lowest BCUT2D eigenvalue weighted by molar-refractivity contribution is 0.0121. The molecule has 0 spiro atoms. The van der Waals surface area contributed by atoms with Crippen molar-refractivity contribution in [2.75, 3.05) is 18.1 Å². The van der Waals surface area contributed by atoms with E-state index in [9.17, 15) is 4.79 Å². The highest BCUT2D eigenvalue weighted by Crippen LogP contribution is 2.47. The number of carbonyl (C=O) groups excluding carboxylic acids is 1. The third kappa shape index (κ3) is 4.35. The second-order valence-corrected chi connectivity index (χ2v) is 10.4. The van der Waals surface area contributed by atoms with Gasteiger partial charge < -0.3 is 18.9 Å². The molecule has 0 unspecified atom stereocenters. The summed E-state index contributed by atoms with van der Waals surface area (Å²) in [7, 11) is 0. The average molecular weight is 529 g/mol. The highest BCUT2D eigenvalue weighted by atomic mass is 35.5. The Labute approximate surface area is 218 Å². The Balaban J connectivity index is 1.14. The molecule has 1 saturated heterocycles. The van der Waals surface area contributed by atoms with Gasteiger partial charge in [-0.25, -0.2) is 14.8 Å². The van der Waals surface area contributed by atoms with Crippen LogP contribution in [0.5, 0.6) is 0 Å². The number of aromatic nitrogens is 3. The fourth-order valence-electron chi connectivity index (χ4n) is 5.38. The lowest BCUT2D eigenvalue weighted by atomic mass is 10.0. The lowest BCUT2D eigenvalue weighted by Gasteiger charge is -2.31. The zero-order valence-corrected chi connectivity index (χ0v) is 21.3. The monoisotopic (exact) mass is 528 g/mol. The lowest BCUT2D eigenvalue weighted by Crippen LogP contribution is -2.39. The van der Waals surface area contributed by atoms with Gasteiger partial charge in [-0.05, 0) is 44.7 Å². The van der Waals surface area contributed by atoms with Gasteiger partial charge in [0.1, 0.15) is 11.5 Å². The van der Waals surface area contributed by atoms with Crippen molar-refractivity contribution >= 4 is 35.1 Å². The molecule has 2 aliphatic carbocycles. The molecule has 8 nitrogen and oxygen atoms in total. The minimum absolute atomic E-state index is 0.126. The molecular formula is C26H26Cl2N4O4. The van der Waals surface area contributed by atoms with E-state index in [1.54, 1.807) is 6.92 Å². The van der Waals surface area contributed by atoms with E-state index in [2.05, 4.69) is 20.0 Å². The Bertz CT molecular complexity index is 1260. The molecule has 6 rings (SSSR count). The molecule has 0 radical (unpaired) electrons. The SMILES string of the molecule is CCOC(=O)c1cnc(N2C[C@@H]3C[C@H]2C[C@H]3OCc2c(-c3c(Cl)cccc3Cl)noc2C2CC2)nc1. The maximum atomic E-state index is 11.9. The maximum absolute atomic E-state index is 11.9. The van der Waals surface area contributed by atoms with Crippen LogP contribution >= 0.6 is 23.2 Å². The molecule has 188 valence electrons. The minimum Gasteiger partial charge on any atom is -0.462 e. The summed E-state index contributed by atoms with van der Waals surface area (Å²) < 4.78 is 17.3. The van der Waals surface area contributed by atoms with Crippen molar-refractivity contribution in [2.45, 2.75) is 57.3 Å². The van der Waals surface area contributed by atoms with E-state index in [0.29, 0.717) is 63.9 Å². The van der Waals surface area contributed by atoms with Crippen LogP contribution in [0.2, 0.25) is 10.0 Å². The van der Waals surface area contributed by atoms with E-state index in [4.69, 9.17) is 37.2 Å². The van der Waals surface area contributed by atoms with Gasteiger partial charge in [-0.3, -0.25) is 0 Å². The maximum Gasteiger partial charge on any atom is 0.341 e. The first-order valence-electron chi connectivity index (χ1n) is 12.3. The van der Waals surface area contributed by atoms with Crippen molar-refractivity contribution in [1.29, 1.82) is 0 Å². The van der Waals surface area contributed by atoms with Crippen LogP contribution in [0.4, 0.5) is 5.95 Å². The number of esters is 1. The highest BCUT2D eigenvalue weighted by molar-refractivity contribution is 6.39. The van der Waals surface area contributed by atoms with E-state index in [1.807, 2.05) is 18.2 Å². The molecule has 3 aliphatic rings. The fraction of sp³-hybridized carbons (Fsp3) is 0.462. The van der Waals surface area contributed by atoms with Crippen molar-refractivity contribution in [3.8, 4) is 11.3 Å². The number of nitrogens with zero attached hydrogens (tertiary/aromatic N) is 4. The summed E-state index contributed by atoms with van der Waals surface area (Å²) in [5, 5.41) is 5.45. The quantitative estimate of drug-likeness (QED) is 0.345. The van der Waals surface area contributed by atoms with Gasteiger partial charge in [-0.15, -0.1) is 0 Å². The van der Waals surface area contributed by atoms with Gasteiger partial charge in [0.15, 0.2) is 0 Å². The molecule has 2 bridgehead atoms. The number of hydrogen-bond acceptors (Lipinski definition) is 8. The Morgan fingerprint density at radius 3 is 2.56 bits per heavy atom. The topological polar surface area (TPSA) is 90.6 Å². The summed E-state index contributed by atoms with van der Waals surface area (Å²) in [6.07, 6.45) is 7.29. The van der Waals surface area contributed by atoms with Gasteiger partial charge in [0, 0.05) is 47.9 Å². The number of ether oxygens (including phenoxy) is 2. The van der Waals surface area contributed by atoms with Gasteiger partial charge >= 0.3 is 5.97 Å². The van der Waals surface area contributed by atoms with Crippen LogP contribution < -0.4 is 4.90 Å². The van der Waals surface area contributed by atoms with Gasteiger partial charge in [0.05, 0.1) is 34.9 Å². The molecule has 3 heterocycles. The number of benzene rings is 1. The first-order valence-corrected chi connectivity index (χ1v) is 13.1. The van der Waals surface area contributed by atoms with Gasteiger partial charge in [-0.2, -0.15) is 0 Å². The third-order valence-corrected chi connectivity index (χ3v) is 7.92. The van der Waals surface area contributed by atoms with E-state index in [-0.39, 0.29) is 6.10 Å². The largest absolute Gasteiger partial charge is 0.462 e. The van der Waals surface area contributed by atoms with Crippen molar-refractivity contribution in [1.82, 2.24) is 15.1 Å². The molecule has 10 heteroatoms. The molecule has 3 atom stereocenters. The number of piperidine rings is 1. The standard InChI is InChI=1S/C26H26Cl2N4O4/c1-2-34-25(33)16-10-29-26(30-11-16)32-12-15-8-17(32)9-21(15)35-13-18-23(31-36-24(18)14-6-7-14)22-19(27)4-3-5-20(22)28/h3-5,10-11,14-15,17,21H,2,6-9,12-13H2,1H3/t15-,17-,21+/m0/s1. The summed E-state index contributed by atoms with van der Waals surface area (Å²) in [6.45, 7) is 3.32. The third-order valence-electron chi connectivity index (χ3n) is 7.29. The Kier molecular flexibility index (Phi) is 6.35. The predicted octanol–water partition coefficient (Wildman–Crippen LogP) is 5.68. The molecule has 3 aromatic rings. The van der Waals surface area contributed by atoms with Gasteiger partial charge in [0.25, 0.3) is 0 Å². The number of carbonyl (C=O) groups is 1. The number of rotatable bonds is 8. The van der Waals surface area contributed by atoms with Crippen LogP contribution in [0, 0.1) is 5.92 Å². The van der Waals surface area contributed by atoms with E-state index in [1.165, 1.54) is 12.4 Å². The summed E-state index contributed by atoms with van der Waals surface area (Å²) in [5.74, 6) is 1.88. The average Bonchev–Trinajstić information content (AvgIpc) is 3.33. The van der Waals surface area contributed by atoms with Crippen LogP contribution in [-0.4, -0.2) is 46.4 Å². The van der Waals surface area contributed by atoms with E-state index < -0.39 is 5.97 Å². The van der Waals surface area contributed by atoms with Gasteiger partial charge in [-0.1, -0.05) is 34.4 Å². The van der Waals surface area contributed by atoms with Crippen LogP contribution in [0.15, 0.2) is 35.1 Å². The van der Waals surface area contributed by atoms with E-state index in [0.717, 1.165) is 43.6 Å². The molecule has 3 fully saturated rings. The van der Waals surface area contributed by atoms with Crippen LogP contribution in [0.1, 0.15) is 60.2 Å². The van der Waals surface area contributed by atoms with Crippen LogP contribution in [0.3, 0.4) is 0 Å². The molecule has 2 saturated carbocycles. The number of hydrogen-bond donors (Lipinski definition) is 0. The van der Waals surface area contributed by atoms with Crippen molar-refractivity contribution in [3.63, 3.8) is 0 Å². The fourth-order valence-corrected chi connectivity index (χ4v) is 5.96. The highest BCUT2D eigenvalue weighted by Gasteiger charge is 2.46. The molecule has 1 aromatic carbocycles. The van der Waals surface area contributed by atoms with Crippen LogP contribution in [-0.2, 0) is 16.1 Å². The summed E-state index contributed by atoms with van der Waals surface area (Å²) in [6, 6.07) is 5.74. The Hall–Kier alpha value is -2.68. The predicted molar refractivity (Wildman–Crippen MR) is 134 cm³/mol. The van der Waals surface area contributed by atoms with Crippen molar-refractivity contribution in [2.24, 2.45) is 5.92 Å². The molecule has 0 amide bonds. The Morgan fingerprint density at radius 2 is 1.92 bits per heavy atom. The molecule has 1 aliphatic heterocycles. The second-order valence-electron chi connectivity index (χ2n) is 9.62. The first kappa shape index (κ1) is 23.7. The zero-order valence-electron chi connectivity index (χ0n) is 19.8. The Morgan fingerprint density at radius 1 is 1.17 bits per heavy atom. The van der Waals surface area contributed by atoms with E-state index >= 15 is 0 Å². The molecule has 2 aromatic heterocycles. The van der Waals surface area contributed by atoms with Crippen molar-refractivity contribution < 1.29 is 18.8 Å². The second kappa shape index (κ2) is 9.65. The minimum atomic E-state index is -0.405. The van der Waals surface area contributed by atoms with Gasteiger partial charge in [0.2, 0.25) is 5.95 Å². The summed E-state index contributed by atoms with van der Waals surface area (Å²) >= 11 is 13.0. The molecule has 36 heavy (non-hydrogen) atoms. The van der Waals surface area contributed by atoms with Crippen molar-refractivity contribution in [3.05, 3.63) is 57.5 Å². The normalized spacial score (nSPS) is 22.9.